The Labute approximate surface area is 644 Å². The number of nitrogens with one attached hydrogen (secondary N) is 10. The predicted octanol–water partition coefficient (Wildman–Crippen LogP) is 1.04. The predicted molar refractivity (Wildman–Crippen MR) is 414 cm³/mol. The monoisotopic (exact) mass is 1520 g/mol. The number of aromatic hydroxyl groups is 2. The van der Waals surface area contributed by atoms with Crippen LogP contribution in [0.15, 0.2) is 109 Å². The molecule has 7 rings (SSSR count). The van der Waals surface area contributed by atoms with Crippen LogP contribution in [0.3, 0.4) is 0 Å². The quantitative estimate of drug-likeness (QED) is 0.0391. The molecule has 0 aliphatic carbocycles. The molecular weight excluding hydrogens is 1410 g/mol. The van der Waals surface area contributed by atoms with E-state index < -0.39 is 143 Å². The van der Waals surface area contributed by atoms with Gasteiger partial charge in [0.15, 0.2) is 0 Å². The lowest BCUT2D eigenvalue weighted by Gasteiger charge is -2.32. The van der Waals surface area contributed by atoms with Crippen molar-refractivity contribution >= 4 is 70.9 Å². The van der Waals surface area contributed by atoms with Gasteiger partial charge in [0.05, 0.1) is 0 Å². The molecule has 0 bridgehead atoms. The fraction of sp³-hybridized carbons (Fsp3) is 0.550. The van der Waals surface area contributed by atoms with Crippen molar-refractivity contribution in [3.05, 3.63) is 131 Å². The Morgan fingerprint density at radius 1 is 0.318 bits per heavy atom. The maximum absolute atomic E-state index is 15.3. The van der Waals surface area contributed by atoms with Crippen LogP contribution in [0.1, 0.15) is 153 Å². The van der Waals surface area contributed by atoms with Gasteiger partial charge in [0, 0.05) is 38.8 Å². The van der Waals surface area contributed by atoms with Gasteiger partial charge in [0.2, 0.25) is 70.9 Å². The molecule has 12 atom stereocenters. The summed E-state index contributed by atoms with van der Waals surface area (Å²) < 4.78 is 0. The normalized spacial score (nSPS) is 24.6. The Kier molecular flexibility index (Phi) is 35.3. The van der Waals surface area contributed by atoms with E-state index in [1.54, 1.807) is 84.9 Å². The number of benzene rings is 4. The minimum absolute atomic E-state index is 0.00724. The van der Waals surface area contributed by atoms with E-state index in [2.05, 4.69) is 53.2 Å². The summed E-state index contributed by atoms with van der Waals surface area (Å²) in [5.41, 5.74) is 26.2. The lowest BCUT2D eigenvalue weighted by atomic mass is 9.99. The van der Waals surface area contributed by atoms with Crippen molar-refractivity contribution in [2.75, 3.05) is 39.3 Å². The summed E-state index contributed by atoms with van der Waals surface area (Å²) in [6, 6.07) is 13.5. The van der Waals surface area contributed by atoms with Gasteiger partial charge in [-0.05, 0) is 187 Å². The molecule has 30 nitrogen and oxygen atoms in total. The Hall–Kier alpha value is -10.0. The first-order valence-electron chi connectivity index (χ1n) is 38.9. The van der Waals surface area contributed by atoms with Gasteiger partial charge in [-0.15, -0.1) is 0 Å². The van der Waals surface area contributed by atoms with E-state index in [9.17, 15) is 29.4 Å². The maximum atomic E-state index is 15.3. The smallest absolute Gasteiger partial charge is 0.246 e. The second-order valence-electron chi connectivity index (χ2n) is 29.8. The fourth-order valence-corrected chi connectivity index (χ4v) is 14.1. The number of fused-ring (bicyclic) bond motifs is 2. The molecule has 0 unspecified atom stereocenters. The SMILES string of the molecule is CC(C)C[C@@H]1NC(=O)[C@H](CCCN)NC(=O)[C@H](CCCCN)NC(=O)[C@@H](Cc2ccc(O)cc2)NC(=O)[C@@H]2CCCN2C(=O)[C@@H](Cc2ccccc2)NC(=O)[C@H](CC(C)C)NC(=O)[C@H](CCCN)NC(=O)[C@H](CCCCN)NC(=O)[C@@H](Cc2ccc(O)cc2)NC(=O)[C@@H]2CCCN2C(=O)[C@@H](Cc2ccccc2)NC1=O. The lowest BCUT2D eigenvalue weighted by molar-refractivity contribution is -0.142. The van der Waals surface area contributed by atoms with Crippen LogP contribution in [0.25, 0.3) is 0 Å². The molecule has 0 aromatic heterocycles. The summed E-state index contributed by atoms with van der Waals surface area (Å²) in [6.07, 6.45) is 2.40. The summed E-state index contributed by atoms with van der Waals surface area (Å²) in [7, 11) is 0. The van der Waals surface area contributed by atoms with Crippen molar-refractivity contribution in [1.82, 2.24) is 63.0 Å². The number of phenols is 2. The molecule has 4 aromatic rings. The van der Waals surface area contributed by atoms with Crippen LogP contribution in [0.5, 0.6) is 11.5 Å². The number of nitrogens with zero attached hydrogens (tertiary/aromatic N) is 2. The molecule has 600 valence electrons. The van der Waals surface area contributed by atoms with E-state index in [1.165, 1.54) is 34.1 Å². The molecule has 0 saturated carbocycles. The van der Waals surface area contributed by atoms with Gasteiger partial charge in [-0.3, -0.25) is 57.5 Å². The fourth-order valence-electron chi connectivity index (χ4n) is 14.1. The molecule has 4 aromatic carbocycles. The van der Waals surface area contributed by atoms with E-state index in [-0.39, 0.29) is 152 Å². The van der Waals surface area contributed by atoms with Crippen LogP contribution < -0.4 is 76.1 Å². The number of carbonyl (C=O) groups excluding carboxylic acids is 12. The first-order valence-corrected chi connectivity index (χ1v) is 38.9. The Morgan fingerprint density at radius 2 is 0.573 bits per heavy atom. The number of carbonyl (C=O) groups is 12. The van der Waals surface area contributed by atoms with Crippen molar-refractivity contribution < 1.29 is 67.7 Å². The molecule has 0 spiro atoms. The first kappa shape index (κ1) is 87.2. The molecule has 3 saturated heterocycles. The van der Waals surface area contributed by atoms with Crippen LogP contribution >= 0.6 is 0 Å². The van der Waals surface area contributed by atoms with Gasteiger partial charge in [-0.2, -0.15) is 0 Å². The molecule has 0 radical (unpaired) electrons. The van der Waals surface area contributed by atoms with Gasteiger partial charge >= 0.3 is 0 Å². The lowest BCUT2D eigenvalue weighted by Crippen LogP contribution is -2.61. The van der Waals surface area contributed by atoms with E-state index >= 15 is 38.4 Å². The maximum Gasteiger partial charge on any atom is 0.246 e. The van der Waals surface area contributed by atoms with E-state index in [0.29, 0.717) is 60.8 Å². The third kappa shape index (κ3) is 27.2. The number of unbranched alkanes of at least 4 members (excludes halogenated alkanes) is 2. The molecular formula is C80H116N16O14. The highest BCUT2D eigenvalue weighted by molar-refractivity contribution is 6.01. The van der Waals surface area contributed by atoms with Gasteiger partial charge in [0.1, 0.15) is 84.0 Å². The number of nitrogens with two attached hydrogens (primary N) is 4. The second kappa shape index (κ2) is 44.6. The number of amides is 12. The van der Waals surface area contributed by atoms with Crippen molar-refractivity contribution in [3.8, 4) is 11.5 Å². The molecule has 110 heavy (non-hydrogen) atoms. The van der Waals surface area contributed by atoms with Crippen LogP contribution in [0.4, 0.5) is 0 Å². The molecule has 30 heteroatoms. The number of rotatable bonds is 26. The van der Waals surface area contributed by atoms with Gasteiger partial charge in [0.25, 0.3) is 0 Å². The second-order valence-corrected chi connectivity index (χ2v) is 29.8. The van der Waals surface area contributed by atoms with Gasteiger partial charge < -0.3 is 96.1 Å². The largest absolute Gasteiger partial charge is 0.508 e. The zero-order valence-electron chi connectivity index (χ0n) is 63.9. The standard InChI is InChI=1S/C80H116N16O14/c1-49(2)43-61-73(103)93-65(47-51-19-7-5-8-20-51)79(109)95-41-17-27-67(95)77(107)91-64(46-54-31-35-56(98)36-32-54)76(106)88-58(24-12-14-38-82)70(100)86-60(26-16-40-84)72(102)90-62(44-50(3)4)74(104)94-66(48-52-21-9-6-10-22-52)80(110)96-42-18-28-68(96)78(108)92-63(45-53-29-33-55(97)34-30-53)75(105)87-57(23-11-13-37-81)69(99)85-59(25-15-39-83)71(101)89-61/h5-10,19-22,29-36,49-50,57-68,97-98H,11-18,23-28,37-48,81-84H2,1-4H3,(H,85,99)(H,86,100)(H,87,105)(H,88,106)(H,89,101)(H,90,102)(H,91,107)(H,92,108)(H,93,103)(H,94,104)/t57-,58-,59-,60-,61-,62-,63+,64+,65+,66+,67-,68-/m0/s1. The van der Waals surface area contributed by atoms with Crippen LogP contribution in [-0.4, -0.2) is 203 Å². The summed E-state index contributed by atoms with van der Waals surface area (Å²) in [4.78, 5) is 183. The average Bonchev–Trinajstić information content (AvgIpc) is 1.60. The molecule has 12 amide bonds. The summed E-state index contributed by atoms with van der Waals surface area (Å²) in [6.45, 7) is 8.07. The van der Waals surface area contributed by atoms with Gasteiger partial charge in [-0.1, -0.05) is 113 Å². The van der Waals surface area contributed by atoms with Crippen LogP contribution in [0.2, 0.25) is 0 Å². The Balaban J connectivity index is 1.32. The molecule has 3 fully saturated rings. The number of hydrogen-bond acceptors (Lipinski definition) is 18. The van der Waals surface area contributed by atoms with E-state index in [4.69, 9.17) is 22.9 Å². The zero-order chi connectivity index (χ0) is 79.8. The van der Waals surface area contributed by atoms with Crippen molar-refractivity contribution in [3.63, 3.8) is 0 Å². The van der Waals surface area contributed by atoms with Crippen molar-refractivity contribution in [1.29, 1.82) is 0 Å². The van der Waals surface area contributed by atoms with Crippen LogP contribution in [0, 0.1) is 11.8 Å². The Morgan fingerprint density at radius 3 is 0.882 bits per heavy atom. The van der Waals surface area contributed by atoms with Crippen LogP contribution in [-0.2, 0) is 83.2 Å². The highest BCUT2D eigenvalue weighted by Crippen LogP contribution is 2.25. The molecule has 3 aliphatic heterocycles. The van der Waals surface area contributed by atoms with E-state index in [1.807, 2.05) is 27.7 Å². The third-order valence-electron chi connectivity index (χ3n) is 20.0. The summed E-state index contributed by atoms with van der Waals surface area (Å²) >= 11 is 0. The molecule has 3 heterocycles. The summed E-state index contributed by atoms with van der Waals surface area (Å²) in [5, 5.41) is 49.1. The summed E-state index contributed by atoms with van der Waals surface area (Å²) in [5.74, 6) is -9.73. The minimum Gasteiger partial charge on any atom is -0.508 e. The van der Waals surface area contributed by atoms with Crippen molar-refractivity contribution in [2.24, 2.45) is 34.8 Å². The minimum atomic E-state index is -1.43. The highest BCUT2D eigenvalue weighted by atomic mass is 16.3. The highest BCUT2D eigenvalue weighted by Gasteiger charge is 2.44. The van der Waals surface area contributed by atoms with E-state index in [0.717, 1.165) is 0 Å². The van der Waals surface area contributed by atoms with Gasteiger partial charge in [-0.25, -0.2) is 0 Å². The number of phenolic OH excluding ortho intramolecular Hbond substituents is 2. The third-order valence-corrected chi connectivity index (χ3v) is 20.0. The average molecular weight is 1530 g/mol. The Bertz CT molecular complexity index is 3450. The zero-order valence-corrected chi connectivity index (χ0v) is 63.9. The van der Waals surface area contributed by atoms with Crippen molar-refractivity contribution in [2.45, 2.75) is 229 Å². The number of hydrogen-bond donors (Lipinski definition) is 16. The molecule has 3 aliphatic rings. The topological polar surface area (TPSA) is 476 Å². The first-order chi connectivity index (χ1) is 52.8. The molecule has 20 N–H and O–H groups in total.